The Kier molecular flexibility index (Phi) is 4.22. The van der Waals surface area contributed by atoms with Gasteiger partial charge in [-0.05, 0) is 38.9 Å². The van der Waals surface area contributed by atoms with Crippen LogP contribution in [-0.2, 0) is 6.54 Å². The summed E-state index contributed by atoms with van der Waals surface area (Å²) >= 11 is 0. The van der Waals surface area contributed by atoms with Crippen molar-refractivity contribution in [2.24, 2.45) is 0 Å². The molecule has 0 spiro atoms. The van der Waals surface area contributed by atoms with E-state index < -0.39 is 0 Å². The SMILES string of the molecule is CCNC(C)(CO)CCn1c(C)nc2ccccc21. The lowest BCUT2D eigenvalue weighted by Gasteiger charge is -2.28. The van der Waals surface area contributed by atoms with E-state index >= 15 is 0 Å². The molecular formula is C15H23N3O. The lowest BCUT2D eigenvalue weighted by Crippen LogP contribution is -2.46. The van der Waals surface area contributed by atoms with Gasteiger partial charge in [0.25, 0.3) is 0 Å². The Labute approximate surface area is 114 Å². The number of aliphatic hydroxyl groups excluding tert-OH is 1. The highest BCUT2D eigenvalue weighted by Gasteiger charge is 2.22. The molecule has 2 aromatic rings. The first-order chi connectivity index (χ1) is 9.09. The van der Waals surface area contributed by atoms with Crippen molar-refractivity contribution in [3.8, 4) is 0 Å². The van der Waals surface area contributed by atoms with Crippen LogP contribution >= 0.6 is 0 Å². The number of imidazole rings is 1. The van der Waals surface area contributed by atoms with Crippen molar-refractivity contribution < 1.29 is 5.11 Å². The number of hydrogen-bond acceptors (Lipinski definition) is 3. The Morgan fingerprint density at radius 2 is 2.11 bits per heavy atom. The van der Waals surface area contributed by atoms with Gasteiger partial charge < -0.3 is 15.0 Å². The van der Waals surface area contributed by atoms with Crippen molar-refractivity contribution in [1.82, 2.24) is 14.9 Å². The zero-order valence-electron chi connectivity index (χ0n) is 12.0. The van der Waals surface area contributed by atoms with Crippen LogP contribution in [0.4, 0.5) is 0 Å². The number of benzene rings is 1. The minimum atomic E-state index is -0.230. The maximum atomic E-state index is 9.54. The van der Waals surface area contributed by atoms with E-state index in [0.29, 0.717) is 0 Å². The maximum absolute atomic E-state index is 9.54. The Hall–Kier alpha value is -1.39. The van der Waals surface area contributed by atoms with Gasteiger partial charge in [0.05, 0.1) is 17.6 Å². The molecule has 1 unspecified atom stereocenters. The fourth-order valence-electron chi connectivity index (χ4n) is 2.49. The number of aliphatic hydroxyl groups is 1. The molecule has 4 nitrogen and oxygen atoms in total. The van der Waals surface area contributed by atoms with Gasteiger partial charge in [0.15, 0.2) is 0 Å². The van der Waals surface area contributed by atoms with Crippen LogP contribution in [0.2, 0.25) is 0 Å². The molecule has 0 bridgehead atoms. The second kappa shape index (κ2) is 5.72. The summed E-state index contributed by atoms with van der Waals surface area (Å²) in [5.41, 5.74) is 1.97. The van der Waals surface area contributed by atoms with E-state index in [0.717, 1.165) is 36.4 Å². The number of fused-ring (bicyclic) bond motifs is 1. The molecule has 0 aliphatic heterocycles. The Balaban J connectivity index is 2.19. The summed E-state index contributed by atoms with van der Waals surface area (Å²) < 4.78 is 2.22. The topological polar surface area (TPSA) is 50.1 Å². The number of para-hydroxylation sites is 2. The molecule has 0 saturated carbocycles. The highest BCUT2D eigenvalue weighted by molar-refractivity contribution is 5.75. The van der Waals surface area contributed by atoms with Gasteiger partial charge in [-0.2, -0.15) is 0 Å². The van der Waals surface area contributed by atoms with E-state index in [-0.39, 0.29) is 12.1 Å². The smallest absolute Gasteiger partial charge is 0.106 e. The van der Waals surface area contributed by atoms with Gasteiger partial charge in [-0.1, -0.05) is 19.1 Å². The molecule has 19 heavy (non-hydrogen) atoms. The fourth-order valence-corrected chi connectivity index (χ4v) is 2.49. The van der Waals surface area contributed by atoms with Crippen LogP contribution in [-0.4, -0.2) is 33.3 Å². The molecule has 1 atom stereocenters. The predicted molar refractivity (Wildman–Crippen MR) is 78.3 cm³/mol. The van der Waals surface area contributed by atoms with Gasteiger partial charge in [0, 0.05) is 12.1 Å². The zero-order valence-corrected chi connectivity index (χ0v) is 12.0. The van der Waals surface area contributed by atoms with Gasteiger partial charge in [-0.25, -0.2) is 4.98 Å². The van der Waals surface area contributed by atoms with Crippen molar-refractivity contribution in [3.05, 3.63) is 30.1 Å². The lowest BCUT2D eigenvalue weighted by molar-refractivity contribution is 0.163. The second-order valence-corrected chi connectivity index (χ2v) is 5.30. The van der Waals surface area contributed by atoms with E-state index in [1.807, 2.05) is 25.1 Å². The first kappa shape index (κ1) is 14.0. The van der Waals surface area contributed by atoms with Crippen LogP contribution in [0.15, 0.2) is 24.3 Å². The summed E-state index contributed by atoms with van der Waals surface area (Å²) in [6.45, 7) is 8.02. The molecule has 1 aromatic carbocycles. The molecule has 2 rings (SSSR count). The Morgan fingerprint density at radius 1 is 1.37 bits per heavy atom. The molecule has 1 aromatic heterocycles. The van der Waals surface area contributed by atoms with E-state index in [1.54, 1.807) is 0 Å². The number of hydrogen-bond donors (Lipinski definition) is 2. The molecule has 1 heterocycles. The summed E-state index contributed by atoms with van der Waals surface area (Å²) in [4.78, 5) is 4.57. The van der Waals surface area contributed by atoms with Gasteiger partial charge in [-0.15, -0.1) is 0 Å². The average Bonchev–Trinajstić information content (AvgIpc) is 2.72. The van der Waals surface area contributed by atoms with Crippen molar-refractivity contribution in [2.75, 3.05) is 13.2 Å². The van der Waals surface area contributed by atoms with Crippen molar-refractivity contribution in [1.29, 1.82) is 0 Å². The molecule has 104 valence electrons. The third kappa shape index (κ3) is 2.96. The van der Waals surface area contributed by atoms with E-state index in [9.17, 15) is 5.11 Å². The van der Waals surface area contributed by atoms with Crippen LogP contribution in [0.5, 0.6) is 0 Å². The van der Waals surface area contributed by atoms with Crippen LogP contribution in [0, 0.1) is 6.92 Å². The van der Waals surface area contributed by atoms with Crippen LogP contribution in [0.3, 0.4) is 0 Å². The molecular weight excluding hydrogens is 238 g/mol. The van der Waals surface area contributed by atoms with Gasteiger partial charge in [0.2, 0.25) is 0 Å². The molecule has 0 amide bonds. The standard InChI is InChI=1S/C15H23N3O/c1-4-16-15(3,11-19)9-10-18-12(2)17-13-7-5-6-8-14(13)18/h5-8,16,19H,4,9-11H2,1-3H3. The third-order valence-corrected chi connectivity index (χ3v) is 3.69. The van der Waals surface area contributed by atoms with Crippen molar-refractivity contribution in [2.45, 2.75) is 39.3 Å². The molecule has 0 fully saturated rings. The quantitative estimate of drug-likeness (QED) is 0.837. The highest BCUT2D eigenvalue weighted by Crippen LogP contribution is 2.18. The molecule has 4 heteroatoms. The number of nitrogens with one attached hydrogen (secondary N) is 1. The molecule has 0 saturated heterocycles. The van der Waals surface area contributed by atoms with Gasteiger partial charge in [-0.3, -0.25) is 0 Å². The molecule has 0 aliphatic rings. The number of aromatic nitrogens is 2. The minimum absolute atomic E-state index is 0.145. The van der Waals surface area contributed by atoms with E-state index in [4.69, 9.17) is 0 Å². The van der Waals surface area contributed by atoms with Crippen LogP contribution < -0.4 is 5.32 Å². The van der Waals surface area contributed by atoms with Gasteiger partial charge >= 0.3 is 0 Å². The summed E-state index contributed by atoms with van der Waals surface area (Å²) in [5.74, 6) is 1.03. The first-order valence-corrected chi connectivity index (χ1v) is 6.87. The average molecular weight is 261 g/mol. The lowest BCUT2D eigenvalue weighted by atomic mass is 9.99. The number of rotatable bonds is 6. The monoisotopic (exact) mass is 261 g/mol. The third-order valence-electron chi connectivity index (χ3n) is 3.69. The van der Waals surface area contributed by atoms with Gasteiger partial charge in [0.1, 0.15) is 5.82 Å². The number of likely N-dealkylation sites (N-methyl/N-ethyl adjacent to an activating group) is 1. The van der Waals surface area contributed by atoms with E-state index in [1.165, 1.54) is 0 Å². The summed E-state index contributed by atoms with van der Waals surface area (Å²) in [6, 6.07) is 8.18. The molecule has 0 radical (unpaired) electrons. The van der Waals surface area contributed by atoms with Crippen molar-refractivity contribution in [3.63, 3.8) is 0 Å². The molecule has 0 aliphatic carbocycles. The summed E-state index contributed by atoms with van der Waals surface area (Å²) in [5, 5.41) is 12.9. The van der Waals surface area contributed by atoms with Crippen molar-refractivity contribution >= 4 is 11.0 Å². The summed E-state index contributed by atoms with van der Waals surface area (Å²) in [6.07, 6.45) is 0.874. The Bertz CT molecular complexity index is 549. The normalized spacial score (nSPS) is 14.7. The first-order valence-electron chi connectivity index (χ1n) is 6.87. The summed E-state index contributed by atoms with van der Waals surface area (Å²) in [7, 11) is 0. The second-order valence-electron chi connectivity index (χ2n) is 5.30. The fraction of sp³-hybridized carbons (Fsp3) is 0.533. The largest absolute Gasteiger partial charge is 0.394 e. The number of aryl methyl sites for hydroxylation is 2. The number of nitrogens with zero attached hydrogens (tertiary/aromatic N) is 2. The predicted octanol–water partition coefficient (Wildman–Crippen LogP) is 2.10. The zero-order chi connectivity index (χ0) is 13.9. The Morgan fingerprint density at radius 3 is 2.79 bits per heavy atom. The maximum Gasteiger partial charge on any atom is 0.106 e. The minimum Gasteiger partial charge on any atom is -0.394 e. The van der Waals surface area contributed by atoms with E-state index in [2.05, 4.69) is 34.8 Å². The molecule has 2 N–H and O–H groups in total. The van der Waals surface area contributed by atoms with Crippen LogP contribution in [0.25, 0.3) is 11.0 Å². The van der Waals surface area contributed by atoms with Crippen LogP contribution in [0.1, 0.15) is 26.1 Å². The highest BCUT2D eigenvalue weighted by atomic mass is 16.3.